The number of benzene rings is 1. The lowest BCUT2D eigenvalue weighted by molar-refractivity contribution is 0.451. The second-order valence-corrected chi connectivity index (χ2v) is 8.43. The molecule has 0 aliphatic carbocycles. The summed E-state index contributed by atoms with van der Waals surface area (Å²) in [6, 6.07) is 8.29. The van der Waals surface area contributed by atoms with E-state index in [0.717, 1.165) is 13.0 Å². The fourth-order valence-electron chi connectivity index (χ4n) is 2.61. The topological polar surface area (TPSA) is 58.2 Å². The second kappa shape index (κ2) is 7.09. The first-order valence-electron chi connectivity index (χ1n) is 7.05. The molecule has 0 aromatic heterocycles. The molecule has 0 amide bonds. The Morgan fingerprint density at radius 3 is 2.62 bits per heavy atom. The van der Waals surface area contributed by atoms with Crippen LogP contribution >= 0.6 is 12.4 Å². The highest BCUT2D eigenvalue weighted by Crippen LogP contribution is 2.22. The molecule has 1 unspecified atom stereocenters. The normalized spacial score (nSPS) is 18.7. The van der Waals surface area contributed by atoms with Crippen LogP contribution in [0.3, 0.4) is 0 Å². The number of sulfonamides is 1. The molecule has 1 aromatic carbocycles. The molecule has 2 rings (SSSR count). The van der Waals surface area contributed by atoms with Crippen LogP contribution in [0.5, 0.6) is 0 Å². The Bertz CT molecular complexity index is 567. The van der Waals surface area contributed by atoms with Gasteiger partial charge in [0, 0.05) is 12.6 Å². The Balaban J connectivity index is 0.00000220. The first kappa shape index (κ1) is 18.4. The summed E-state index contributed by atoms with van der Waals surface area (Å²) < 4.78 is 26.9. The Hall–Kier alpha value is -0.620. The standard InChI is InChI=1S/C15H24N2O2S.ClH/c1-15(2,3)11-20(18,19)17-10-14-13-7-5-4-6-12(13)8-9-16-14;/h4-7,14,16-17H,8-11H2,1-3H3;1H. The molecule has 6 heteroatoms. The molecule has 2 N–H and O–H groups in total. The van der Waals surface area contributed by atoms with Crippen molar-refractivity contribution in [3.8, 4) is 0 Å². The van der Waals surface area contributed by atoms with Gasteiger partial charge in [-0.1, -0.05) is 45.0 Å². The molecule has 21 heavy (non-hydrogen) atoms. The lowest BCUT2D eigenvalue weighted by Gasteiger charge is -2.27. The summed E-state index contributed by atoms with van der Waals surface area (Å²) in [6.45, 7) is 7.10. The van der Waals surface area contributed by atoms with Gasteiger partial charge in [-0.2, -0.15) is 0 Å². The average molecular weight is 333 g/mol. The highest BCUT2D eigenvalue weighted by Gasteiger charge is 2.24. The van der Waals surface area contributed by atoms with Crippen LogP contribution in [0.1, 0.15) is 37.9 Å². The Morgan fingerprint density at radius 1 is 1.29 bits per heavy atom. The van der Waals surface area contributed by atoms with Crippen LogP contribution in [0.15, 0.2) is 24.3 Å². The smallest absolute Gasteiger partial charge is 0.212 e. The third kappa shape index (κ3) is 5.58. The summed E-state index contributed by atoms with van der Waals surface area (Å²) >= 11 is 0. The van der Waals surface area contributed by atoms with Crippen molar-refractivity contribution in [2.75, 3.05) is 18.8 Å². The fourth-order valence-corrected chi connectivity index (χ4v) is 4.27. The molecule has 0 saturated heterocycles. The van der Waals surface area contributed by atoms with Crippen LogP contribution in [-0.4, -0.2) is 27.3 Å². The molecule has 1 aliphatic rings. The van der Waals surface area contributed by atoms with E-state index in [1.165, 1.54) is 11.1 Å². The zero-order valence-electron chi connectivity index (χ0n) is 12.8. The molecule has 0 fully saturated rings. The van der Waals surface area contributed by atoms with E-state index < -0.39 is 10.0 Å². The zero-order chi connectivity index (χ0) is 14.8. The van der Waals surface area contributed by atoms with Crippen LogP contribution in [-0.2, 0) is 16.4 Å². The predicted molar refractivity (Wildman–Crippen MR) is 89.4 cm³/mol. The van der Waals surface area contributed by atoms with Gasteiger partial charge >= 0.3 is 0 Å². The minimum atomic E-state index is -3.23. The van der Waals surface area contributed by atoms with E-state index in [2.05, 4.69) is 22.2 Å². The van der Waals surface area contributed by atoms with E-state index in [1.807, 2.05) is 32.9 Å². The maximum Gasteiger partial charge on any atom is 0.212 e. The van der Waals surface area contributed by atoms with Gasteiger partial charge in [-0.25, -0.2) is 13.1 Å². The number of fused-ring (bicyclic) bond motifs is 1. The van der Waals surface area contributed by atoms with Crippen LogP contribution < -0.4 is 10.0 Å². The average Bonchev–Trinajstić information content (AvgIpc) is 2.33. The summed E-state index contributed by atoms with van der Waals surface area (Å²) in [6.07, 6.45) is 1.00. The van der Waals surface area contributed by atoms with Gasteiger partial charge in [-0.15, -0.1) is 12.4 Å². The molecular formula is C15H25ClN2O2S. The van der Waals surface area contributed by atoms with Crippen molar-refractivity contribution in [1.29, 1.82) is 0 Å². The number of hydrogen-bond donors (Lipinski definition) is 2. The van der Waals surface area contributed by atoms with Gasteiger partial charge in [-0.05, 0) is 29.5 Å². The molecule has 120 valence electrons. The third-order valence-corrected chi connectivity index (χ3v) is 5.20. The minimum Gasteiger partial charge on any atom is -0.308 e. The van der Waals surface area contributed by atoms with Crippen molar-refractivity contribution in [2.24, 2.45) is 5.41 Å². The molecule has 1 aromatic rings. The van der Waals surface area contributed by atoms with Crippen LogP contribution in [0.2, 0.25) is 0 Å². The minimum absolute atomic E-state index is 0. The molecule has 4 nitrogen and oxygen atoms in total. The van der Waals surface area contributed by atoms with Gasteiger partial charge in [0.25, 0.3) is 0 Å². The van der Waals surface area contributed by atoms with E-state index in [1.54, 1.807) is 0 Å². The lowest BCUT2D eigenvalue weighted by Crippen LogP contribution is -2.41. The summed E-state index contributed by atoms with van der Waals surface area (Å²) in [5.74, 6) is 0.147. The summed E-state index contributed by atoms with van der Waals surface area (Å²) in [5.41, 5.74) is 2.28. The van der Waals surface area contributed by atoms with E-state index in [4.69, 9.17) is 0 Å². The van der Waals surface area contributed by atoms with E-state index in [0.29, 0.717) is 6.54 Å². The van der Waals surface area contributed by atoms with Crippen LogP contribution in [0.25, 0.3) is 0 Å². The zero-order valence-corrected chi connectivity index (χ0v) is 14.5. The Labute approximate surface area is 134 Å². The largest absolute Gasteiger partial charge is 0.308 e. The van der Waals surface area contributed by atoms with E-state index in [-0.39, 0.29) is 29.6 Å². The number of rotatable bonds is 4. The van der Waals surface area contributed by atoms with Gasteiger partial charge in [-0.3, -0.25) is 0 Å². The van der Waals surface area contributed by atoms with Gasteiger partial charge in [0.2, 0.25) is 10.0 Å². The third-order valence-electron chi connectivity index (χ3n) is 3.35. The van der Waals surface area contributed by atoms with Crippen molar-refractivity contribution in [1.82, 2.24) is 10.0 Å². The highest BCUT2D eigenvalue weighted by atomic mass is 35.5. The monoisotopic (exact) mass is 332 g/mol. The van der Waals surface area contributed by atoms with Gasteiger partial charge in [0.1, 0.15) is 0 Å². The van der Waals surface area contributed by atoms with Crippen molar-refractivity contribution >= 4 is 22.4 Å². The van der Waals surface area contributed by atoms with Crippen LogP contribution in [0.4, 0.5) is 0 Å². The molecule has 0 saturated carbocycles. The van der Waals surface area contributed by atoms with Crippen molar-refractivity contribution < 1.29 is 8.42 Å². The first-order chi connectivity index (χ1) is 9.27. The molecule has 0 spiro atoms. The maximum atomic E-state index is 12.1. The Morgan fingerprint density at radius 2 is 1.95 bits per heavy atom. The molecule has 0 radical (unpaired) electrons. The Kier molecular flexibility index (Phi) is 6.23. The van der Waals surface area contributed by atoms with Gasteiger partial charge < -0.3 is 5.32 Å². The predicted octanol–water partition coefficient (Wildman–Crippen LogP) is 2.26. The fraction of sp³-hybridized carbons (Fsp3) is 0.600. The molecule has 0 bridgehead atoms. The molecular weight excluding hydrogens is 308 g/mol. The summed E-state index contributed by atoms with van der Waals surface area (Å²) in [7, 11) is -3.23. The van der Waals surface area contributed by atoms with Crippen molar-refractivity contribution in [2.45, 2.75) is 33.2 Å². The second-order valence-electron chi connectivity index (χ2n) is 6.62. The highest BCUT2D eigenvalue weighted by molar-refractivity contribution is 7.89. The van der Waals surface area contributed by atoms with Gasteiger partial charge in [0.15, 0.2) is 0 Å². The van der Waals surface area contributed by atoms with E-state index >= 15 is 0 Å². The SMILES string of the molecule is CC(C)(C)CS(=O)(=O)NCC1NCCc2ccccc21.Cl. The number of nitrogens with one attached hydrogen (secondary N) is 2. The maximum absolute atomic E-state index is 12.1. The molecule has 1 atom stereocenters. The first-order valence-corrected chi connectivity index (χ1v) is 8.71. The van der Waals surface area contributed by atoms with Crippen molar-refractivity contribution in [3.63, 3.8) is 0 Å². The summed E-state index contributed by atoms with van der Waals surface area (Å²) in [4.78, 5) is 0. The quantitative estimate of drug-likeness (QED) is 0.889. The van der Waals surface area contributed by atoms with Crippen LogP contribution in [0, 0.1) is 5.41 Å². The summed E-state index contributed by atoms with van der Waals surface area (Å²) in [5, 5.41) is 3.38. The lowest BCUT2D eigenvalue weighted by atomic mass is 9.95. The van der Waals surface area contributed by atoms with E-state index in [9.17, 15) is 8.42 Å². The number of hydrogen-bond acceptors (Lipinski definition) is 3. The van der Waals surface area contributed by atoms with Crippen molar-refractivity contribution in [3.05, 3.63) is 35.4 Å². The number of halogens is 1. The molecule has 1 aliphatic heterocycles. The van der Waals surface area contributed by atoms with Gasteiger partial charge in [0.05, 0.1) is 5.75 Å². The molecule has 1 heterocycles.